The van der Waals surface area contributed by atoms with Crippen LogP contribution in [0.1, 0.15) is 23.8 Å². The highest BCUT2D eigenvalue weighted by Crippen LogP contribution is 2.22. The van der Waals surface area contributed by atoms with Crippen LogP contribution in [0.2, 0.25) is 0 Å². The summed E-state index contributed by atoms with van der Waals surface area (Å²) < 4.78 is 1.17. The van der Waals surface area contributed by atoms with Crippen LogP contribution in [0.5, 0.6) is 0 Å². The Morgan fingerprint density at radius 1 is 1.26 bits per heavy atom. The Bertz CT molecular complexity index is 524. The maximum absolute atomic E-state index is 6.03. The van der Waals surface area contributed by atoms with Crippen molar-refractivity contribution in [2.24, 2.45) is 0 Å². The molecule has 0 radical (unpaired) electrons. The van der Waals surface area contributed by atoms with Crippen molar-refractivity contribution in [2.45, 2.75) is 26.4 Å². The standard InChI is InChI=1S/C15H19BrN2S/c1-2-7-18(10-14-8-13(16)11-19-14)9-12-5-3-4-6-15(12)17/h3-6,8,11H,2,7,9-10,17H2,1H3. The predicted molar refractivity (Wildman–Crippen MR) is 87.3 cm³/mol. The van der Waals surface area contributed by atoms with Crippen LogP contribution in [0.3, 0.4) is 0 Å². The van der Waals surface area contributed by atoms with Crippen LogP contribution in [0.4, 0.5) is 5.69 Å². The second-order valence-electron chi connectivity index (χ2n) is 4.64. The van der Waals surface area contributed by atoms with Crippen LogP contribution in [0.15, 0.2) is 40.2 Å². The molecular weight excluding hydrogens is 320 g/mol. The minimum Gasteiger partial charge on any atom is -0.398 e. The molecule has 0 unspecified atom stereocenters. The molecular formula is C15H19BrN2S. The fourth-order valence-corrected chi connectivity index (χ4v) is 3.60. The molecule has 0 saturated heterocycles. The van der Waals surface area contributed by atoms with Gasteiger partial charge in [0.15, 0.2) is 0 Å². The zero-order valence-corrected chi connectivity index (χ0v) is 13.5. The van der Waals surface area contributed by atoms with Crippen LogP contribution in [0, 0.1) is 0 Å². The van der Waals surface area contributed by atoms with Gasteiger partial charge in [-0.3, -0.25) is 4.90 Å². The smallest absolute Gasteiger partial charge is 0.0359 e. The van der Waals surface area contributed by atoms with E-state index in [0.29, 0.717) is 0 Å². The fraction of sp³-hybridized carbons (Fsp3) is 0.333. The molecule has 0 atom stereocenters. The summed E-state index contributed by atoms with van der Waals surface area (Å²) >= 11 is 5.31. The van der Waals surface area contributed by atoms with E-state index < -0.39 is 0 Å². The molecule has 1 heterocycles. The molecule has 1 aromatic heterocycles. The minimum absolute atomic E-state index is 0.885. The van der Waals surface area contributed by atoms with Crippen molar-refractivity contribution in [2.75, 3.05) is 12.3 Å². The molecule has 19 heavy (non-hydrogen) atoms. The van der Waals surface area contributed by atoms with Crippen LogP contribution < -0.4 is 5.73 Å². The zero-order chi connectivity index (χ0) is 13.7. The van der Waals surface area contributed by atoms with Crippen molar-refractivity contribution in [3.05, 3.63) is 50.6 Å². The quantitative estimate of drug-likeness (QED) is 0.785. The summed E-state index contributed by atoms with van der Waals surface area (Å²) in [6, 6.07) is 10.3. The van der Waals surface area contributed by atoms with Crippen LogP contribution in [0.25, 0.3) is 0 Å². The number of hydrogen-bond acceptors (Lipinski definition) is 3. The van der Waals surface area contributed by atoms with Crippen LogP contribution in [-0.2, 0) is 13.1 Å². The molecule has 0 aliphatic carbocycles. The number of thiophene rings is 1. The molecule has 2 aromatic rings. The first-order chi connectivity index (χ1) is 9.19. The second kappa shape index (κ2) is 7.08. The van der Waals surface area contributed by atoms with Gasteiger partial charge >= 0.3 is 0 Å². The number of halogens is 1. The van der Waals surface area contributed by atoms with Gasteiger partial charge < -0.3 is 5.73 Å². The Kier molecular flexibility index (Phi) is 5.43. The van der Waals surface area contributed by atoms with Crippen molar-refractivity contribution in [3.63, 3.8) is 0 Å². The normalized spacial score (nSPS) is 11.1. The molecule has 102 valence electrons. The summed E-state index contributed by atoms with van der Waals surface area (Å²) in [7, 11) is 0. The summed E-state index contributed by atoms with van der Waals surface area (Å²) in [5, 5.41) is 2.14. The van der Waals surface area contributed by atoms with Gasteiger partial charge in [-0.05, 0) is 46.6 Å². The first kappa shape index (κ1) is 14.6. The molecule has 2 nitrogen and oxygen atoms in total. The minimum atomic E-state index is 0.885. The lowest BCUT2D eigenvalue weighted by Crippen LogP contribution is -2.23. The van der Waals surface area contributed by atoms with Crippen molar-refractivity contribution in [3.8, 4) is 0 Å². The van der Waals surface area contributed by atoms with Gasteiger partial charge in [0.2, 0.25) is 0 Å². The summed E-state index contributed by atoms with van der Waals surface area (Å²) in [5.74, 6) is 0. The van der Waals surface area contributed by atoms with Crippen LogP contribution in [-0.4, -0.2) is 11.4 Å². The third-order valence-electron chi connectivity index (χ3n) is 2.99. The highest BCUT2D eigenvalue weighted by Gasteiger charge is 2.09. The van der Waals surface area contributed by atoms with E-state index in [4.69, 9.17) is 5.73 Å². The number of benzene rings is 1. The largest absolute Gasteiger partial charge is 0.398 e. The lowest BCUT2D eigenvalue weighted by Gasteiger charge is -2.21. The Labute approximate surface area is 127 Å². The monoisotopic (exact) mass is 338 g/mol. The van der Waals surface area contributed by atoms with Gasteiger partial charge in [0.05, 0.1) is 0 Å². The van der Waals surface area contributed by atoms with Crippen LogP contribution >= 0.6 is 27.3 Å². The fourth-order valence-electron chi connectivity index (χ4n) is 2.11. The van der Waals surface area contributed by atoms with E-state index in [1.165, 1.54) is 14.9 Å². The summed E-state index contributed by atoms with van der Waals surface area (Å²) in [5.41, 5.74) is 8.13. The van der Waals surface area contributed by atoms with Crippen molar-refractivity contribution in [1.82, 2.24) is 4.90 Å². The molecule has 2 rings (SSSR count). The lowest BCUT2D eigenvalue weighted by atomic mass is 10.1. The highest BCUT2D eigenvalue weighted by atomic mass is 79.9. The van der Waals surface area contributed by atoms with E-state index in [9.17, 15) is 0 Å². The number of anilines is 1. The molecule has 4 heteroatoms. The Balaban J connectivity index is 2.06. The third kappa shape index (κ3) is 4.34. The molecule has 0 amide bonds. The maximum atomic E-state index is 6.03. The van der Waals surface area contributed by atoms with E-state index in [2.05, 4.69) is 51.3 Å². The van der Waals surface area contributed by atoms with E-state index in [0.717, 1.165) is 31.7 Å². The van der Waals surface area contributed by atoms with Crippen molar-refractivity contribution < 1.29 is 0 Å². The molecule has 0 fully saturated rings. The van der Waals surface area contributed by atoms with Crippen molar-refractivity contribution in [1.29, 1.82) is 0 Å². The number of nitrogen functional groups attached to an aromatic ring is 1. The number of nitrogens with zero attached hydrogens (tertiary/aromatic N) is 1. The zero-order valence-electron chi connectivity index (χ0n) is 11.1. The number of nitrogens with two attached hydrogens (primary N) is 1. The SMILES string of the molecule is CCCN(Cc1cc(Br)cs1)Cc1ccccc1N. The topological polar surface area (TPSA) is 29.3 Å². The van der Waals surface area contributed by atoms with E-state index in [1.54, 1.807) is 11.3 Å². The van der Waals surface area contributed by atoms with Gasteiger partial charge in [0.25, 0.3) is 0 Å². The van der Waals surface area contributed by atoms with E-state index in [1.807, 2.05) is 12.1 Å². The van der Waals surface area contributed by atoms with E-state index in [-0.39, 0.29) is 0 Å². The van der Waals surface area contributed by atoms with Gasteiger partial charge in [-0.25, -0.2) is 0 Å². The summed E-state index contributed by atoms with van der Waals surface area (Å²) in [4.78, 5) is 3.83. The van der Waals surface area contributed by atoms with Gasteiger partial charge in [0.1, 0.15) is 0 Å². The van der Waals surface area contributed by atoms with Gasteiger partial charge in [-0.1, -0.05) is 25.1 Å². The number of rotatable bonds is 6. The molecule has 0 spiro atoms. The predicted octanol–water partition coefficient (Wildman–Crippen LogP) is 4.51. The molecule has 2 N–H and O–H groups in total. The maximum Gasteiger partial charge on any atom is 0.0359 e. The lowest BCUT2D eigenvalue weighted by molar-refractivity contribution is 0.260. The molecule has 0 aliphatic rings. The van der Waals surface area contributed by atoms with Crippen molar-refractivity contribution >= 4 is 33.0 Å². The van der Waals surface area contributed by atoms with Gasteiger partial charge in [-0.15, -0.1) is 11.3 Å². The third-order valence-corrected chi connectivity index (χ3v) is 4.67. The second-order valence-corrected chi connectivity index (χ2v) is 6.55. The summed E-state index contributed by atoms with van der Waals surface area (Å²) in [6.07, 6.45) is 1.15. The van der Waals surface area contributed by atoms with Gasteiger partial charge in [-0.2, -0.15) is 0 Å². The molecule has 0 bridgehead atoms. The number of hydrogen-bond donors (Lipinski definition) is 1. The average Bonchev–Trinajstić information content (AvgIpc) is 2.78. The van der Waals surface area contributed by atoms with E-state index >= 15 is 0 Å². The first-order valence-corrected chi connectivity index (χ1v) is 8.15. The Hall–Kier alpha value is -0.840. The summed E-state index contributed by atoms with van der Waals surface area (Å²) in [6.45, 7) is 5.20. The average molecular weight is 339 g/mol. The highest BCUT2D eigenvalue weighted by molar-refractivity contribution is 9.10. The molecule has 0 saturated carbocycles. The Morgan fingerprint density at radius 3 is 2.68 bits per heavy atom. The first-order valence-electron chi connectivity index (χ1n) is 6.47. The molecule has 1 aromatic carbocycles. The molecule has 0 aliphatic heterocycles. The van der Waals surface area contributed by atoms with Gasteiger partial charge in [0, 0.05) is 33.5 Å². The Morgan fingerprint density at radius 2 is 2.05 bits per heavy atom. The number of para-hydroxylation sites is 1.